The average molecular weight is 334 g/mol. The lowest BCUT2D eigenvalue weighted by Gasteiger charge is -2.23. The Labute approximate surface area is 151 Å². The van der Waals surface area contributed by atoms with Crippen molar-refractivity contribution >= 4 is 5.69 Å². The summed E-state index contributed by atoms with van der Waals surface area (Å²) in [7, 11) is 4.16. The molecule has 3 nitrogen and oxygen atoms in total. The van der Waals surface area contributed by atoms with Crippen LogP contribution in [0.1, 0.15) is 42.1 Å². The van der Waals surface area contributed by atoms with Crippen LogP contribution in [-0.4, -0.2) is 25.5 Å². The molecule has 1 unspecified atom stereocenters. The Morgan fingerprint density at radius 3 is 2.44 bits per heavy atom. The minimum atomic E-state index is 0.00354. The van der Waals surface area contributed by atoms with Crippen molar-refractivity contribution in [3.63, 3.8) is 0 Å². The Kier molecular flexibility index (Phi) is 5.73. The first-order chi connectivity index (χ1) is 12.2. The van der Waals surface area contributed by atoms with Gasteiger partial charge in [-0.05, 0) is 68.6 Å². The summed E-state index contributed by atoms with van der Waals surface area (Å²) in [6, 6.07) is 14.4. The van der Waals surface area contributed by atoms with Crippen LogP contribution in [0.2, 0.25) is 0 Å². The summed E-state index contributed by atoms with van der Waals surface area (Å²) in [5, 5.41) is 0. The Hall–Kier alpha value is -2.31. The largest absolute Gasteiger partial charge is 0.486 e. The van der Waals surface area contributed by atoms with E-state index in [-0.39, 0.29) is 6.10 Å². The van der Waals surface area contributed by atoms with E-state index in [0.29, 0.717) is 5.69 Å². The van der Waals surface area contributed by atoms with Crippen molar-refractivity contribution < 1.29 is 4.74 Å². The number of aryl methyl sites for hydroxylation is 2. The van der Waals surface area contributed by atoms with Crippen LogP contribution in [0.3, 0.4) is 0 Å². The highest BCUT2D eigenvalue weighted by molar-refractivity contribution is 5.46. The first-order valence-corrected chi connectivity index (χ1v) is 9.06. The lowest BCUT2D eigenvalue weighted by Crippen LogP contribution is -2.19. The minimum absolute atomic E-state index is 0.00354. The smallest absolute Gasteiger partial charge is 0.187 e. The van der Waals surface area contributed by atoms with Crippen LogP contribution in [0.5, 0.6) is 5.75 Å². The predicted octanol–water partition coefficient (Wildman–Crippen LogP) is 5.19. The summed E-state index contributed by atoms with van der Waals surface area (Å²) in [6.45, 7) is 8.07. The maximum Gasteiger partial charge on any atom is 0.187 e. The van der Waals surface area contributed by atoms with Crippen LogP contribution in [0.4, 0.5) is 5.69 Å². The van der Waals surface area contributed by atoms with Gasteiger partial charge < -0.3 is 9.64 Å². The van der Waals surface area contributed by atoms with Crippen LogP contribution in [0, 0.1) is 6.57 Å². The second-order valence-corrected chi connectivity index (χ2v) is 7.04. The molecule has 3 rings (SSSR count). The average Bonchev–Trinajstić information content (AvgIpc) is 2.65. The van der Waals surface area contributed by atoms with Crippen LogP contribution in [-0.2, 0) is 12.8 Å². The normalized spacial score (nSPS) is 14.6. The zero-order chi connectivity index (χ0) is 17.6. The Morgan fingerprint density at radius 2 is 1.76 bits per heavy atom. The van der Waals surface area contributed by atoms with Gasteiger partial charge in [-0.3, -0.25) is 0 Å². The fourth-order valence-electron chi connectivity index (χ4n) is 3.38. The molecule has 2 aromatic rings. The molecule has 25 heavy (non-hydrogen) atoms. The van der Waals surface area contributed by atoms with Gasteiger partial charge in [-0.25, -0.2) is 4.85 Å². The van der Waals surface area contributed by atoms with Gasteiger partial charge in [0.25, 0.3) is 0 Å². The maximum absolute atomic E-state index is 7.11. The molecule has 130 valence electrons. The number of rotatable bonds is 6. The van der Waals surface area contributed by atoms with E-state index in [4.69, 9.17) is 11.3 Å². The summed E-state index contributed by atoms with van der Waals surface area (Å²) in [6.07, 6.45) is 5.85. The van der Waals surface area contributed by atoms with Gasteiger partial charge in [0.1, 0.15) is 11.9 Å². The second-order valence-electron chi connectivity index (χ2n) is 7.04. The molecular weight excluding hydrogens is 308 g/mol. The highest BCUT2D eigenvalue weighted by Gasteiger charge is 2.16. The minimum Gasteiger partial charge on any atom is -0.486 e. The third kappa shape index (κ3) is 4.61. The quantitative estimate of drug-likeness (QED) is 0.676. The van der Waals surface area contributed by atoms with Crippen molar-refractivity contribution in [2.45, 2.75) is 38.2 Å². The van der Waals surface area contributed by atoms with Gasteiger partial charge in [-0.2, -0.15) is 0 Å². The summed E-state index contributed by atoms with van der Waals surface area (Å²) in [5.74, 6) is 0.957. The van der Waals surface area contributed by atoms with Crippen LogP contribution < -0.4 is 4.74 Å². The molecular formula is C22H26N2O. The van der Waals surface area contributed by atoms with Crippen molar-refractivity contribution in [1.29, 1.82) is 0 Å². The molecule has 0 radical (unpaired) electrons. The van der Waals surface area contributed by atoms with E-state index < -0.39 is 0 Å². The topological polar surface area (TPSA) is 16.8 Å². The summed E-state index contributed by atoms with van der Waals surface area (Å²) >= 11 is 0. The van der Waals surface area contributed by atoms with E-state index in [1.165, 1.54) is 30.4 Å². The molecule has 0 saturated heterocycles. The van der Waals surface area contributed by atoms with Gasteiger partial charge in [-0.1, -0.05) is 30.3 Å². The van der Waals surface area contributed by atoms with Crippen LogP contribution >= 0.6 is 0 Å². The van der Waals surface area contributed by atoms with Crippen molar-refractivity contribution in [2.24, 2.45) is 0 Å². The zero-order valence-electron chi connectivity index (χ0n) is 15.2. The number of nitrogens with zero attached hydrogens (tertiary/aromatic N) is 2. The van der Waals surface area contributed by atoms with Gasteiger partial charge in [0, 0.05) is 13.0 Å². The molecule has 0 fully saturated rings. The highest BCUT2D eigenvalue weighted by Crippen LogP contribution is 2.30. The first kappa shape index (κ1) is 17.5. The number of hydrogen-bond donors (Lipinski definition) is 0. The Balaban J connectivity index is 1.80. The van der Waals surface area contributed by atoms with E-state index in [0.717, 1.165) is 30.7 Å². The zero-order valence-corrected chi connectivity index (χ0v) is 15.2. The number of hydrogen-bond acceptors (Lipinski definition) is 2. The van der Waals surface area contributed by atoms with Crippen molar-refractivity contribution in [2.75, 3.05) is 20.6 Å². The molecule has 0 aliphatic heterocycles. The number of fused-ring (bicyclic) bond motifs is 1. The molecule has 1 aliphatic carbocycles. The summed E-state index contributed by atoms with van der Waals surface area (Å²) < 4.78 is 6.39. The molecule has 0 heterocycles. The molecule has 0 N–H and O–H groups in total. The predicted molar refractivity (Wildman–Crippen MR) is 102 cm³/mol. The maximum atomic E-state index is 7.11. The molecule has 0 spiro atoms. The summed E-state index contributed by atoms with van der Waals surface area (Å²) in [4.78, 5) is 5.66. The SMILES string of the molecule is [C-]#[N+]c1ccc(C(CCN(C)C)Oc2ccc3c(c2)CCCC3)cc1. The van der Waals surface area contributed by atoms with Gasteiger partial charge >= 0.3 is 0 Å². The van der Waals surface area contributed by atoms with E-state index in [2.05, 4.69) is 42.0 Å². The molecule has 2 aromatic carbocycles. The van der Waals surface area contributed by atoms with E-state index in [1.807, 2.05) is 24.3 Å². The molecule has 1 atom stereocenters. The highest BCUT2D eigenvalue weighted by atomic mass is 16.5. The van der Waals surface area contributed by atoms with Gasteiger partial charge in [0.05, 0.1) is 6.57 Å². The van der Waals surface area contributed by atoms with Crippen molar-refractivity contribution in [3.8, 4) is 5.75 Å². The van der Waals surface area contributed by atoms with E-state index in [9.17, 15) is 0 Å². The molecule has 0 aromatic heterocycles. The van der Waals surface area contributed by atoms with Gasteiger partial charge in [0.15, 0.2) is 5.69 Å². The van der Waals surface area contributed by atoms with Gasteiger partial charge in [-0.15, -0.1) is 0 Å². The van der Waals surface area contributed by atoms with Crippen molar-refractivity contribution in [1.82, 2.24) is 4.90 Å². The molecule has 0 amide bonds. The van der Waals surface area contributed by atoms with E-state index in [1.54, 1.807) is 0 Å². The number of benzene rings is 2. The lowest BCUT2D eigenvalue weighted by molar-refractivity contribution is 0.179. The molecule has 0 bridgehead atoms. The third-order valence-corrected chi connectivity index (χ3v) is 4.83. The van der Waals surface area contributed by atoms with Crippen LogP contribution in [0.25, 0.3) is 4.85 Å². The van der Waals surface area contributed by atoms with E-state index >= 15 is 0 Å². The lowest BCUT2D eigenvalue weighted by atomic mass is 9.92. The fourth-order valence-corrected chi connectivity index (χ4v) is 3.38. The third-order valence-electron chi connectivity index (χ3n) is 4.83. The Bertz CT molecular complexity index is 744. The monoisotopic (exact) mass is 334 g/mol. The first-order valence-electron chi connectivity index (χ1n) is 9.06. The molecule has 3 heteroatoms. The molecule has 0 saturated carbocycles. The fraction of sp³-hybridized carbons (Fsp3) is 0.409. The number of ether oxygens (including phenoxy) is 1. The second kappa shape index (κ2) is 8.18. The standard InChI is InChI=1S/C22H26N2O/c1-23-20-11-8-18(9-12-20)22(14-15-24(2)3)25-21-13-10-17-6-4-5-7-19(17)16-21/h8-13,16,22H,4-7,14-15H2,2-3H3. The Morgan fingerprint density at radius 1 is 1.04 bits per heavy atom. The van der Waals surface area contributed by atoms with Crippen molar-refractivity contribution in [3.05, 3.63) is 70.6 Å². The van der Waals surface area contributed by atoms with Gasteiger partial charge in [0.2, 0.25) is 0 Å². The molecule has 1 aliphatic rings. The summed E-state index contributed by atoms with van der Waals surface area (Å²) in [5.41, 5.74) is 4.72. The van der Waals surface area contributed by atoms with Crippen LogP contribution in [0.15, 0.2) is 42.5 Å².